The summed E-state index contributed by atoms with van der Waals surface area (Å²) in [4.78, 5) is 13.1. The largest absolute Gasteiger partial charge is 0.445 e. The molecule has 1 aliphatic heterocycles. The molecule has 0 aliphatic carbocycles. The zero-order valence-electron chi connectivity index (χ0n) is 8.51. The Bertz CT molecular complexity index is 222. The second-order valence-electron chi connectivity index (χ2n) is 3.84. The van der Waals surface area contributed by atoms with Crippen molar-refractivity contribution >= 4 is 40.9 Å². The Kier molecular flexibility index (Phi) is 4.81. The van der Waals surface area contributed by atoms with Crippen LogP contribution in [0.15, 0.2) is 0 Å². The predicted octanol–water partition coefficient (Wildman–Crippen LogP) is 3.23. The number of piperidine rings is 1. The van der Waals surface area contributed by atoms with Gasteiger partial charge in [-0.05, 0) is 18.8 Å². The van der Waals surface area contributed by atoms with Crippen molar-refractivity contribution in [3.05, 3.63) is 0 Å². The van der Waals surface area contributed by atoms with Crippen LogP contribution in [0.3, 0.4) is 0 Å². The number of nitrogens with zero attached hydrogens (tertiary/aromatic N) is 1. The molecule has 6 heteroatoms. The first-order valence-corrected chi connectivity index (χ1v) is 6.00. The third-order valence-electron chi connectivity index (χ3n) is 2.40. The first-order chi connectivity index (χ1) is 6.88. The fourth-order valence-corrected chi connectivity index (χ4v) is 1.59. The van der Waals surface area contributed by atoms with Crippen LogP contribution in [0, 0.1) is 5.92 Å². The Labute approximate surface area is 105 Å². The predicted molar refractivity (Wildman–Crippen MR) is 61.6 cm³/mol. The maximum absolute atomic E-state index is 11.5. The number of carbonyl (C=O) groups excluding carboxylic acids is 1. The van der Waals surface area contributed by atoms with E-state index in [2.05, 4.69) is 6.92 Å². The number of likely N-dealkylation sites (tertiary alicyclic amines) is 1. The van der Waals surface area contributed by atoms with Gasteiger partial charge in [0, 0.05) is 13.1 Å². The molecule has 88 valence electrons. The van der Waals surface area contributed by atoms with E-state index in [4.69, 9.17) is 39.5 Å². The van der Waals surface area contributed by atoms with Crippen LogP contribution in [0.5, 0.6) is 0 Å². The summed E-state index contributed by atoms with van der Waals surface area (Å²) in [6.07, 6.45) is 1.61. The summed E-state index contributed by atoms with van der Waals surface area (Å²) < 4.78 is 3.34. The van der Waals surface area contributed by atoms with Gasteiger partial charge in [0.05, 0.1) is 0 Å². The Hall–Kier alpha value is 0.140. The van der Waals surface area contributed by atoms with Crippen molar-refractivity contribution < 1.29 is 9.53 Å². The minimum atomic E-state index is -1.53. The van der Waals surface area contributed by atoms with Gasteiger partial charge in [-0.3, -0.25) is 0 Å². The average Bonchev–Trinajstić information content (AvgIpc) is 2.14. The lowest BCUT2D eigenvalue weighted by atomic mass is 10.00. The third-order valence-corrected chi connectivity index (χ3v) is 2.73. The molecule has 0 atom stereocenters. The van der Waals surface area contributed by atoms with Crippen molar-refractivity contribution in [1.29, 1.82) is 0 Å². The second-order valence-corrected chi connectivity index (χ2v) is 6.36. The smallest absolute Gasteiger partial charge is 0.409 e. The molecule has 1 amide bonds. The van der Waals surface area contributed by atoms with Crippen molar-refractivity contribution in [3.63, 3.8) is 0 Å². The number of hydrogen-bond acceptors (Lipinski definition) is 2. The van der Waals surface area contributed by atoms with E-state index >= 15 is 0 Å². The number of hydrogen-bond donors (Lipinski definition) is 0. The van der Waals surface area contributed by atoms with E-state index in [-0.39, 0.29) is 6.61 Å². The summed E-state index contributed by atoms with van der Waals surface area (Å²) in [6.45, 7) is 3.41. The minimum Gasteiger partial charge on any atom is -0.445 e. The molecule has 3 nitrogen and oxygen atoms in total. The molecule has 0 spiro atoms. The van der Waals surface area contributed by atoms with Crippen LogP contribution in [-0.2, 0) is 4.74 Å². The summed E-state index contributed by atoms with van der Waals surface area (Å²) in [5.41, 5.74) is 0. The lowest BCUT2D eigenvalue weighted by Gasteiger charge is -2.29. The molecule has 1 saturated heterocycles. The maximum Gasteiger partial charge on any atom is 0.409 e. The van der Waals surface area contributed by atoms with Crippen LogP contribution in [0.2, 0.25) is 0 Å². The lowest BCUT2D eigenvalue weighted by Crippen LogP contribution is -2.39. The Morgan fingerprint density at radius 1 is 1.40 bits per heavy atom. The molecule has 0 bridgehead atoms. The van der Waals surface area contributed by atoms with E-state index in [1.807, 2.05) is 0 Å². The minimum absolute atomic E-state index is 0.206. The molecule has 1 heterocycles. The van der Waals surface area contributed by atoms with Gasteiger partial charge in [0.2, 0.25) is 3.79 Å². The quantitative estimate of drug-likeness (QED) is 0.687. The van der Waals surface area contributed by atoms with Gasteiger partial charge >= 0.3 is 6.09 Å². The Balaban J connectivity index is 2.29. The number of carbonyl (C=O) groups is 1. The van der Waals surface area contributed by atoms with Crippen LogP contribution in [0.25, 0.3) is 0 Å². The molecule has 0 N–H and O–H groups in total. The van der Waals surface area contributed by atoms with E-state index in [1.165, 1.54) is 0 Å². The van der Waals surface area contributed by atoms with Crippen molar-refractivity contribution in [2.24, 2.45) is 5.92 Å². The molecule has 0 radical (unpaired) electrons. The van der Waals surface area contributed by atoms with Crippen molar-refractivity contribution in [3.8, 4) is 0 Å². The monoisotopic (exact) mass is 273 g/mol. The first-order valence-electron chi connectivity index (χ1n) is 4.87. The number of rotatable bonds is 1. The van der Waals surface area contributed by atoms with Gasteiger partial charge in [0.25, 0.3) is 0 Å². The fourth-order valence-electron chi connectivity index (χ4n) is 1.43. The first kappa shape index (κ1) is 13.2. The zero-order chi connectivity index (χ0) is 11.5. The number of amides is 1. The number of halogens is 3. The molecule has 1 aliphatic rings. The molecule has 0 aromatic rings. The van der Waals surface area contributed by atoms with E-state index in [0.29, 0.717) is 5.92 Å². The molecule has 1 fully saturated rings. The highest BCUT2D eigenvalue weighted by Crippen LogP contribution is 2.26. The lowest BCUT2D eigenvalue weighted by molar-refractivity contribution is 0.0907. The Morgan fingerprint density at radius 2 is 1.93 bits per heavy atom. The second kappa shape index (κ2) is 5.46. The summed E-state index contributed by atoms with van der Waals surface area (Å²) in [5.74, 6) is 0.669. The van der Waals surface area contributed by atoms with Gasteiger partial charge in [-0.1, -0.05) is 41.7 Å². The van der Waals surface area contributed by atoms with Crippen LogP contribution in [0.4, 0.5) is 4.79 Å². The SMILES string of the molecule is CC1CCN(C(=O)OCC(Cl)(Cl)Cl)CC1. The van der Waals surface area contributed by atoms with Gasteiger partial charge in [0.1, 0.15) is 6.61 Å². The topological polar surface area (TPSA) is 29.5 Å². The molecule has 0 aromatic heterocycles. The molecule has 15 heavy (non-hydrogen) atoms. The summed E-state index contributed by atoms with van der Waals surface area (Å²) >= 11 is 16.4. The highest BCUT2D eigenvalue weighted by Gasteiger charge is 2.26. The van der Waals surface area contributed by atoms with Crippen molar-refractivity contribution in [1.82, 2.24) is 4.90 Å². The van der Waals surface area contributed by atoms with Gasteiger partial charge < -0.3 is 9.64 Å². The number of alkyl halides is 3. The van der Waals surface area contributed by atoms with Crippen molar-refractivity contribution in [2.45, 2.75) is 23.6 Å². The van der Waals surface area contributed by atoms with Crippen LogP contribution in [0.1, 0.15) is 19.8 Å². The van der Waals surface area contributed by atoms with Crippen LogP contribution < -0.4 is 0 Å². The molecule has 0 aromatic carbocycles. The van der Waals surface area contributed by atoms with Gasteiger partial charge in [-0.2, -0.15) is 0 Å². The van der Waals surface area contributed by atoms with E-state index in [0.717, 1.165) is 25.9 Å². The van der Waals surface area contributed by atoms with E-state index in [9.17, 15) is 4.79 Å². The highest BCUT2D eigenvalue weighted by molar-refractivity contribution is 6.67. The van der Waals surface area contributed by atoms with Crippen LogP contribution in [-0.4, -0.2) is 34.5 Å². The average molecular weight is 275 g/mol. The van der Waals surface area contributed by atoms with Gasteiger partial charge in [-0.25, -0.2) is 4.79 Å². The summed E-state index contributed by atoms with van der Waals surface area (Å²) in [5, 5.41) is 0. The molecular weight excluding hydrogens is 260 g/mol. The normalized spacial score (nSPS) is 19.1. The maximum atomic E-state index is 11.5. The molecule has 0 saturated carbocycles. The standard InChI is InChI=1S/C9H14Cl3NO2/c1-7-2-4-13(5-3-7)8(14)15-6-9(10,11)12/h7H,2-6H2,1H3. The Morgan fingerprint density at radius 3 is 2.40 bits per heavy atom. The van der Waals surface area contributed by atoms with Gasteiger partial charge in [-0.15, -0.1) is 0 Å². The van der Waals surface area contributed by atoms with E-state index in [1.54, 1.807) is 4.90 Å². The summed E-state index contributed by atoms with van der Waals surface area (Å²) in [7, 11) is 0. The van der Waals surface area contributed by atoms with Gasteiger partial charge in [0.15, 0.2) is 0 Å². The van der Waals surface area contributed by atoms with E-state index < -0.39 is 9.89 Å². The molecule has 0 unspecified atom stereocenters. The highest BCUT2D eigenvalue weighted by atomic mass is 35.6. The van der Waals surface area contributed by atoms with Crippen LogP contribution >= 0.6 is 34.8 Å². The van der Waals surface area contributed by atoms with Crippen molar-refractivity contribution in [2.75, 3.05) is 19.7 Å². The molecular formula is C9H14Cl3NO2. The molecule has 1 rings (SSSR count). The fraction of sp³-hybridized carbons (Fsp3) is 0.889. The third kappa shape index (κ3) is 5.14. The summed E-state index contributed by atoms with van der Waals surface area (Å²) in [6, 6.07) is 0. The number of ether oxygens (including phenoxy) is 1. The zero-order valence-corrected chi connectivity index (χ0v) is 10.8.